The molecule has 0 saturated carbocycles. The first-order chi connectivity index (χ1) is 7.56. The van der Waals surface area contributed by atoms with E-state index >= 15 is 0 Å². The molecule has 1 atom stereocenters. The Balaban J connectivity index is 3.14. The van der Waals surface area contributed by atoms with Crippen LogP contribution in [-0.4, -0.2) is 11.8 Å². The molecule has 0 aliphatic heterocycles. The molecular weight excluding hydrogens is 216 g/mol. The third-order valence-electron chi connectivity index (χ3n) is 3.37. The standard InChI is InChI=1S/C14H22O3/c1-9(15)12-13(3,4)7-11(17-10(2)16)8-14(12,5)6/h7,12H,8H2,1-6H3. The van der Waals surface area contributed by atoms with E-state index in [0.29, 0.717) is 12.2 Å². The largest absolute Gasteiger partial charge is 0.432 e. The molecule has 0 fully saturated rings. The molecule has 0 aromatic rings. The summed E-state index contributed by atoms with van der Waals surface area (Å²) in [6.45, 7) is 11.2. The zero-order valence-electron chi connectivity index (χ0n) is 11.6. The monoisotopic (exact) mass is 238 g/mol. The minimum Gasteiger partial charge on any atom is -0.432 e. The van der Waals surface area contributed by atoms with Gasteiger partial charge in [0, 0.05) is 19.3 Å². The van der Waals surface area contributed by atoms with Crippen LogP contribution in [0.4, 0.5) is 0 Å². The number of ether oxygens (including phenoxy) is 1. The van der Waals surface area contributed by atoms with Crippen LogP contribution >= 0.6 is 0 Å². The van der Waals surface area contributed by atoms with Crippen molar-refractivity contribution in [2.24, 2.45) is 16.7 Å². The van der Waals surface area contributed by atoms with Gasteiger partial charge in [0.15, 0.2) is 0 Å². The van der Waals surface area contributed by atoms with Crippen molar-refractivity contribution in [3.8, 4) is 0 Å². The first-order valence-electron chi connectivity index (χ1n) is 5.97. The predicted molar refractivity (Wildman–Crippen MR) is 66.2 cm³/mol. The number of allylic oxidation sites excluding steroid dienone is 2. The second-order valence-electron chi connectivity index (χ2n) is 6.23. The van der Waals surface area contributed by atoms with Gasteiger partial charge in [0.2, 0.25) is 0 Å². The summed E-state index contributed by atoms with van der Waals surface area (Å²) >= 11 is 0. The zero-order chi connectivity index (χ0) is 13.4. The lowest BCUT2D eigenvalue weighted by Crippen LogP contribution is -2.43. The Hall–Kier alpha value is -1.12. The Labute approximate surface area is 103 Å². The Bertz CT molecular complexity index is 375. The van der Waals surface area contributed by atoms with E-state index in [2.05, 4.69) is 13.8 Å². The molecule has 0 bridgehead atoms. The lowest BCUT2D eigenvalue weighted by Gasteiger charge is -2.45. The van der Waals surface area contributed by atoms with Gasteiger partial charge in [-0.25, -0.2) is 0 Å². The van der Waals surface area contributed by atoms with E-state index in [1.165, 1.54) is 6.92 Å². The van der Waals surface area contributed by atoms with Crippen molar-refractivity contribution >= 4 is 11.8 Å². The van der Waals surface area contributed by atoms with Crippen molar-refractivity contribution in [1.82, 2.24) is 0 Å². The van der Waals surface area contributed by atoms with Gasteiger partial charge >= 0.3 is 5.97 Å². The van der Waals surface area contributed by atoms with Gasteiger partial charge in [0.25, 0.3) is 0 Å². The van der Waals surface area contributed by atoms with E-state index in [-0.39, 0.29) is 28.5 Å². The van der Waals surface area contributed by atoms with E-state index in [9.17, 15) is 9.59 Å². The predicted octanol–water partition coefficient (Wildman–Crippen LogP) is 3.09. The molecule has 3 nitrogen and oxygen atoms in total. The Morgan fingerprint density at radius 1 is 1.24 bits per heavy atom. The molecule has 96 valence electrons. The van der Waals surface area contributed by atoms with Crippen molar-refractivity contribution in [2.75, 3.05) is 0 Å². The first kappa shape index (κ1) is 13.9. The summed E-state index contributed by atoms with van der Waals surface area (Å²) in [6.07, 6.45) is 2.55. The van der Waals surface area contributed by atoms with Gasteiger partial charge in [-0.15, -0.1) is 0 Å². The maximum Gasteiger partial charge on any atom is 0.307 e. The van der Waals surface area contributed by atoms with Gasteiger partial charge in [0.05, 0.1) is 0 Å². The van der Waals surface area contributed by atoms with E-state index in [1.54, 1.807) is 6.92 Å². The topological polar surface area (TPSA) is 43.4 Å². The van der Waals surface area contributed by atoms with Crippen molar-refractivity contribution in [2.45, 2.75) is 48.0 Å². The van der Waals surface area contributed by atoms with Gasteiger partial charge in [-0.3, -0.25) is 9.59 Å². The summed E-state index contributed by atoms with van der Waals surface area (Å²) in [6, 6.07) is 0. The van der Waals surface area contributed by atoms with Crippen LogP contribution in [0, 0.1) is 16.7 Å². The number of hydrogen-bond donors (Lipinski definition) is 0. The third-order valence-corrected chi connectivity index (χ3v) is 3.37. The van der Waals surface area contributed by atoms with Gasteiger partial charge in [-0.05, 0) is 23.8 Å². The van der Waals surface area contributed by atoms with Gasteiger partial charge in [-0.2, -0.15) is 0 Å². The number of esters is 1. The Morgan fingerprint density at radius 3 is 2.12 bits per heavy atom. The fraction of sp³-hybridized carbons (Fsp3) is 0.714. The van der Waals surface area contributed by atoms with Crippen molar-refractivity contribution in [3.05, 3.63) is 11.8 Å². The quantitative estimate of drug-likeness (QED) is 0.694. The maximum atomic E-state index is 11.8. The van der Waals surface area contributed by atoms with Gasteiger partial charge in [-0.1, -0.05) is 27.7 Å². The van der Waals surface area contributed by atoms with Crippen LogP contribution in [0.2, 0.25) is 0 Å². The Kier molecular flexibility index (Phi) is 3.51. The fourth-order valence-corrected chi connectivity index (χ4v) is 3.43. The maximum absolute atomic E-state index is 11.8. The molecule has 0 heterocycles. The van der Waals surface area contributed by atoms with Crippen LogP contribution in [0.15, 0.2) is 11.8 Å². The van der Waals surface area contributed by atoms with Crippen LogP contribution in [0.1, 0.15) is 48.0 Å². The lowest BCUT2D eigenvalue weighted by molar-refractivity contribution is -0.138. The summed E-state index contributed by atoms with van der Waals surface area (Å²) in [5.74, 6) is 0.529. The van der Waals surface area contributed by atoms with Crippen molar-refractivity contribution in [1.29, 1.82) is 0 Å². The highest BCUT2D eigenvalue weighted by molar-refractivity contribution is 5.80. The molecule has 0 amide bonds. The SMILES string of the molecule is CC(=O)OC1=CC(C)(C)C(C(C)=O)C(C)(C)C1. The molecule has 0 saturated heterocycles. The molecule has 1 aliphatic carbocycles. The van der Waals surface area contributed by atoms with Crippen molar-refractivity contribution in [3.63, 3.8) is 0 Å². The molecule has 1 rings (SSSR count). The number of ketones is 1. The molecular formula is C14H22O3. The number of Topliss-reactive ketones (excluding diaryl/α,β-unsaturated/α-hetero) is 1. The van der Waals surface area contributed by atoms with Gasteiger partial charge < -0.3 is 4.74 Å². The molecule has 0 aromatic heterocycles. The van der Waals surface area contributed by atoms with E-state index in [4.69, 9.17) is 4.74 Å². The molecule has 17 heavy (non-hydrogen) atoms. The summed E-state index contributed by atoms with van der Waals surface area (Å²) in [5, 5.41) is 0. The summed E-state index contributed by atoms with van der Waals surface area (Å²) in [4.78, 5) is 22.8. The molecule has 0 aromatic carbocycles. The minimum atomic E-state index is -0.302. The lowest BCUT2D eigenvalue weighted by atomic mass is 9.58. The Morgan fingerprint density at radius 2 is 1.76 bits per heavy atom. The summed E-state index contributed by atoms with van der Waals surface area (Å²) in [5.41, 5.74) is -0.465. The van der Waals surface area contributed by atoms with E-state index < -0.39 is 0 Å². The number of carbonyl (C=O) groups excluding carboxylic acids is 2. The van der Waals surface area contributed by atoms with Crippen LogP contribution in [0.25, 0.3) is 0 Å². The third kappa shape index (κ3) is 2.96. The van der Waals surface area contributed by atoms with Crippen LogP contribution in [0.5, 0.6) is 0 Å². The van der Waals surface area contributed by atoms with Crippen LogP contribution < -0.4 is 0 Å². The highest BCUT2D eigenvalue weighted by Crippen LogP contribution is 2.50. The van der Waals surface area contributed by atoms with Crippen molar-refractivity contribution < 1.29 is 14.3 Å². The summed E-state index contributed by atoms with van der Waals surface area (Å²) < 4.78 is 5.20. The molecule has 1 aliphatic rings. The number of hydrogen-bond acceptors (Lipinski definition) is 3. The van der Waals surface area contributed by atoms with Crippen LogP contribution in [0.3, 0.4) is 0 Å². The highest BCUT2D eigenvalue weighted by Gasteiger charge is 2.47. The van der Waals surface area contributed by atoms with E-state index in [1.807, 2.05) is 19.9 Å². The summed E-state index contributed by atoms with van der Waals surface area (Å²) in [7, 11) is 0. The molecule has 0 N–H and O–H groups in total. The van der Waals surface area contributed by atoms with E-state index in [0.717, 1.165) is 0 Å². The second-order valence-corrected chi connectivity index (χ2v) is 6.23. The number of carbonyl (C=O) groups is 2. The molecule has 3 heteroatoms. The average Bonchev–Trinajstić information content (AvgIpc) is 1.93. The fourth-order valence-electron chi connectivity index (χ4n) is 3.43. The minimum absolute atomic E-state index is 0.0469. The zero-order valence-corrected chi connectivity index (χ0v) is 11.6. The normalized spacial score (nSPS) is 26.0. The molecule has 0 radical (unpaired) electrons. The molecule has 0 spiro atoms. The average molecular weight is 238 g/mol. The first-order valence-corrected chi connectivity index (χ1v) is 5.97. The smallest absolute Gasteiger partial charge is 0.307 e. The number of rotatable bonds is 2. The van der Waals surface area contributed by atoms with Crippen LogP contribution in [-0.2, 0) is 14.3 Å². The molecule has 1 unspecified atom stereocenters. The second kappa shape index (κ2) is 4.28. The van der Waals surface area contributed by atoms with Gasteiger partial charge in [0.1, 0.15) is 11.5 Å². The highest BCUT2D eigenvalue weighted by atomic mass is 16.5.